The van der Waals surface area contributed by atoms with E-state index < -0.39 is 5.91 Å². The van der Waals surface area contributed by atoms with Crippen molar-refractivity contribution in [1.29, 1.82) is 0 Å². The van der Waals surface area contributed by atoms with Gasteiger partial charge in [0.2, 0.25) is 5.91 Å². The number of primary amides is 1. The summed E-state index contributed by atoms with van der Waals surface area (Å²) in [4.78, 5) is 11.0. The summed E-state index contributed by atoms with van der Waals surface area (Å²) in [5, 5.41) is 0.711. The summed E-state index contributed by atoms with van der Waals surface area (Å²) < 4.78 is 0. The van der Waals surface area contributed by atoms with Crippen molar-refractivity contribution < 1.29 is 4.79 Å². The summed E-state index contributed by atoms with van der Waals surface area (Å²) in [5.41, 5.74) is 8.45. The van der Waals surface area contributed by atoms with E-state index in [2.05, 4.69) is 0 Å². The third-order valence-electron chi connectivity index (χ3n) is 2.27. The Kier molecular flexibility index (Phi) is 2.62. The smallest absolute Gasteiger partial charge is 0.248 e. The highest BCUT2D eigenvalue weighted by molar-refractivity contribution is 6.32. The zero-order valence-electron chi connectivity index (χ0n) is 7.94. The third kappa shape index (κ3) is 1.68. The average molecular weight is 198 g/mol. The first-order chi connectivity index (χ1) is 5.95. The van der Waals surface area contributed by atoms with Gasteiger partial charge >= 0.3 is 0 Å². The average Bonchev–Trinajstić information content (AvgIpc) is 2.07. The van der Waals surface area contributed by atoms with Crippen LogP contribution in [0.1, 0.15) is 27.0 Å². The molecule has 0 fully saturated rings. The van der Waals surface area contributed by atoms with Crippen LogP contribution >= 0.6 is 11.6 Å². The third-order valence-corrected chi connectivity index (χ3v) is 2.85. The molecular weight excluding hydrogens is 186 g/mol. The molecule has 0 heterocycles. The van der Waals surface area contributed by atoms with E-state index in [9.17, 15) is 4.79 Å². The van der Waals surface area contributed by atoms with Gasteiger partial charge in [-0.15, -0.1) is 0 Å². The second-order valence-electron chi connectivity index (χ2n) is 3.17. The Morgan fingerprint density at radius 1 is 1.31 bits per heavy atom. The van der Waals surface area contributed by atoms with Crippen LogP contribution < -0.4 is 5.73 Å². The fourth-order valence-corrected chi connectivity index (χ4v) is 1.50. The molecule has 2 N–H and O–H groups in total. The number of aryl methyl sites for hydroxylation is 1. The van der Waals surface area contributed by atoms with Crippen molar-refractivity contribution in [2.45, 2.75) is 20.8 Å². The molecule has 2 nitrogen and oxygen atoms in total. The van der Waals surface area contributed by atoms with Gasteiger partial charge in [-0.2, -0.15) is 0 Å². The van der Waals surface area contributed by atoms with Gasteiger partial charge in [-0.3, -0.25) is 4.79 Å². The molecule has 13 heavy (non-hydrogen) atoms. The van der Waals surface area contributed by atoms with Crippen LogP contribution in [0.5, 0.6) is 0 Å². The molecule has 0 saturated heterocycles. The molecule has 1 rings (SSSR count). The Labute approximate surface area is 82.7 Å². The van der Waals surface area contributed by atoms with Crippen molar-refractivity contribution in [3.05, 3.63) is 33.3 Å². The van der Waals surface area contributed by atoms with Crippen molar-refractivity contribution in [3.8, 4) is 0 Å². The topological polar surface area (TPSA) is 43.1 Å². The van der Waals surface area contributed by atoms with Gasteiger partial charge in [0.15, 0.2) is 0 Å². The molecular formula is C10H12ClNO. The lowest BCUT2D eigenvalue weighted by Crippen LogP contribution is -2.13. The largest absolute Gasteiger partial charge is 0.366 e. The van der Waals surface area contributed by atoms with Crippen molar-refractivity contribution in [1.82, 2.24) is 0 Å². The van der Waals surface area contributed by atoms with Crippen LogP contribution in [0.3, 0.4) is 0 Å². The van der Waals surface area contributed by atoms with Gasteiger partial charge in [0, 0.05) is 10.6 Å². The van der Waals surface area contributed by atoms with E-state index in [-0.39, 0.29) is 0 Å². The Hall–Kier alpha value is -1.02. The van der Waals surface area contributed by atoms with E-state index in [1.54, 1.807) is 6.07 Å². The predicted molar refractivity (Wildman–Crippen MR) is 54.2 cm³/mol. The Balaban J connectivity index is 3.50. The lowest BCUT2D eigenvalue weighted by molar-refractivity contribution is 0.0999. The highest BCUT2D eigenvalue weighted by Gasteiger charge is 2.11. The van der Waals surface area contributed by atoms with Crippen LogP contribution in [0, 0.1) is 20.8 Å². The zero-order valence-corrected chi connectivity index (χ0v) is 8.70. The van der Waals surface area contributed by atoms with Crippen LogP contribution in [0.4, 0.5) is 0 Å². The number of nitrogens with two attached hydrogens (primary N) is 1. The number of carbonyl (C=O) groups excluding carboxylic acids is 1. The maximum absolute atomic E-state index is 11.0. The van der Waals surface area contributed by atoms with E-state index >= 15 is 0 Å². The molecule has 3 heteroatoms. The minimum Gasteiger partial charge on any atom is -0.366 e. The molecule has 0 aliphatic carbocycles. The number of rotatable bonds is 1. The molecule has 0 atom stereocenters. The minimum absolute atomic E-state index is 0.402. The highest BCUT2D eigenvalue weighted by Crippen LogP contribution is 2.25. The van der Waals surface area contributed by atoms with Crippen molar-refractivity contribution in [3.63, 3.8) is 0 Å². The lowest BCUT2D eigenvalue weighted by Gasteiger charge is -2.09. The Bertz CT molecular complexity index is 372. The van der Waals surface area contributed by atoms with E-state index in [0.717, 1.165) is 16.7 Å². The molecule has 0 saturated carbocycles. The molecule has 0 aromatic heterocycles. The monoisotopic (exact) mass is 197 g/mol. The second kappa shape index (κ2) is 3.38. The molecule has 0 bridgehead atoms. The van der Waals surface area contributed by atoms with Gasteiger partial charge < -0.3 is 5.73 Å². The molecule has 0 unspecified atom stereocenters. The van der Waals surface area contributed by atoms with Gasteiger partial charge in [-0.05, 0) is 43.5 Å². The van der Waals surface area contributed by atoms with Crippen molar-refractivity contribution in [2.24, 2.45) is 5.73 Å². The van der Waals surface area contributed by atoms with Crippen molar-refractivity contribution >= 4 is 17.5 Å². The lowest BCUT2D eigenvalue weighted by atomic mass is 10.00. The summed E-state index contributed by atoms with van der Waals surface area (Å²) in [7, 11) is 0. The number of halogens is 1. The Morgan fingerprint density at radius 3 is 2.31 bits per heavy atom. The van der Waals surface area contributed by atoms with Crippen LogP contribution in [0.15, 0.2) is 6.07 Å². The molecule has 1 amide bonds. The number of hydrogen-bond acceptors (Lipinski definition) is 1. The molecule has 0 radical (unpaired) electrons. The van der Waals surface area contributed by atoms with E-state index in [1.807, 2.05) is 20.8 Å². The standard InChI is InChI=1S/C10H12ClNO/c1-5-4-8(10(12)13)6(2)7(3)9(5)11/h4H,1-3H3,(H2,12,13). The fourth-order valence-electron chi connectivity index (χ4n) is 1.31. The van der Waals surface area contributed by atoms with Gasteiger partial charge in [0.1, 0.15) is 0 Å². The summed E-state index contributed by atoms with van der Waals surface area (Å²) in [6, 6.07) is 1.73. The van der Waals surface area contributed by atoms with Gasteiger partial charge in [-0.25, -0.2) is 0 Å². The van der Waals surface area contributed by atoms with Crippen LogP contribution in [-0.2, 0) is 0 Å². The van der Waals surface area contributed by atoms with Crippen LogP contribution in [0.25, 0.3) is 0 Å². The van der Waals surface area contributed by atoms with Gasteiger partial charge in [0.25, 0.3) is 0 Å². The molecule has 70 valence electrons. The Morgan fingerprint density at radius 2 is 1.85 bits per heavy atom. The summed E-state index contributed by atoms with van der Waals surface area (Å²) in [6.07, 6.45) is 0. The molecule has 0 aliphatic rings. The molecule has 0 aliphatic heterocycles. The predicted octanol–water partition coefficient (Wildman–Crippen LogP) is 2.36. The SMILES string of the molecule is Cc1cc(C(N)=O)c(C)c(C)c1Cl. The minimum atomic E-state index is -0.402. The zero-order chi connectivity index (χ0) is 10.2. The summed E-state index contributed by atoms with van der Waals surface area (Å²) >= 11 is 6.01. The highest BCUT2D eigenvalue weighted by atomic mass is 35.5. The fraction of sp³-hybridized carbons (Fsp3) is 0.300. The maximum Gasteiger partial charge on any atom is 0.248 e. The summed E-state index contributed by atoms with van der Waals surface area (Å²) in [6.45, 7) is 5.60. The van der Waals surface area contributed by atoms with Crippen molar-refractivity contribution in [2.75, 3.05) is 0 Å². The van der Waals surface area contributed by atoms with Gasteiger partial charge in [-0.1, -0.05) is 11.6 Å². The van der Waals surface area contributed by atoms with E-state index in [4.69, 9.17) is 17.3 Å². The van der Waals surface area contributed by atoms with Crippen LogP contribution in [0.2, 0.25) is 5.02 Å². The van der Waals surface area contributed by atoms with Gasteiger partial charge in [0.05, 0.1) is 0 Å². The quantitative estimate of drug-likeness (QED) is 0.738. The first-order valence-corrected chi connectivity index (χ1v) is 4.39. The number of amides is 1. The van der Waals surface area contributed by atoms with E-state index in [0.29, 0.717) is 10.6 Å². The van der Waals surface area contributed by atoms with Crippen LogP contribution in [-0.4, -0.2) is 5.91 Å². The number of hydrogen-bond donors (Lipinski definition) is 1. The first kappa shape index (κ1) is 10.1. The number of carbonyl (C=O) groups is 1. The first-order valence-electron chi connectivity index (χ1n) is 4.01. The molecule has 1 aromatic rings. The number of benzene rings is 1. The summed E-state index contributed by atoms with van der Waals surface area (Å²) in [5.74, 6) is -0.402. The maximum atomic E-state index is 11.0. The molecule has 1 aromatic carbocycles. The van der Waals surface area contributed by atoms with E-state index in [1.165, 1.54) is 0 Å². The second-order valence-corrected chi connectivity index (χ2v) is 3.55. The normalized spacial score (nSPS) is 10.2. The molecule has 0 spiro atoms.